The zero-order chi connectivity index (χ0) is 15.4. The summed E-state index contributed by atoms with van der Waals surface area (Å²) in [5, 5.41) is 9.42. The quantitative estimate of drug-likeness (QED) is 0.808. The van der Waals surface area contributed by atoms with Crippen LogP contribution in [-0.4, -0.2) is 64.2 Å². The maximum atomic E-state index is 12.5. The molecule has 2 amide bonds. The van der Waals surface area contributed by atoms with E-state index in [4.69, 9.17) is 4.74 Å². The summed E-state index contributed by atoms with van der Waals surface area (Å²) in [6.45, 7) is 7.21. The Bertz CT molecular complexity index is 514. The van der Waals surface area contributed by atoms with Crippen molar-refractivity contribution in [2.45, 2.75) is 32.7 Å². The molecule has 1 fully saturated rings. The number of aromatic amines is 1. The van der Waals surface area contributed by atoms with Crippen LogP contribution in [0, 0.1) is 0 Å². The maximum Gasteiger partial charge on any atom is 0.294 e. The molecule has 2 N–H and O–H groups in total. The lowest BCUT2D eigenvalue weighted by Gasteiger charge is -2.33. The third kappa shape index (κ3) is 3.38. The normalized spacial score (nSPS) is 18.9. The standard InChI is InChI=1S/C13H21N5O3/c1-4-14-12(19)9-7-21-6-5-18(9)13(20)11-15-10(8(2)3)16-17-11/h8-9H,4-7H2,1-3H3,(H,14,19)(H,15,16,17). The van der Waals surface area contributed by atoms with Crippen LogP contribution in [0.3, 0.4) is 0 Å². The SMILES string of the molecule is CCNC(=O)C1COCCN1C(=O)c1n[nH]c(C(C)C)n1. The molecule has 1 atom stereocenters. The van der Waals surface area contributed by atoms with E-state index in [1.54, 1.807) is 0 Å². The van der Waals surface area contributed by atoms with Gasteiger partial charge in [0.2, 0.25) is 11.7 Å². The zero-order valence-corrected chi connectivity index (χ0v) is 12.5. The number of nitrogens with one attached hydrogen (secondary N) is 2. The molecule has 1 aromatic heterocycles. The molecule has 0 aromatic carbocycles. The van der Waals surface area contributed by atoms with Crippen LogP contribution in [0.5, 0.6) is 0 Å². The number of ether oxygens (including phenoxy) is 1. The third-order valence-electron chi connectivity index (χ3n) is 3.28. The van der Waals surface area contributed by atoms with Crippen LogP contribution >= 0.6 is 0 Å². The molecular formula is C13H21N5O3. The van der Waals surface area contributed by atoms with Gasteiger partial charge in [0.1, 0.15) is 11.9 Å². The Labute approximate surface area is 123 Å². The molecule has 1 unspecified atom stereocenters. The molecule has 1 aliphatic rings. The monoisotopic (exact) mass is 295 g/mol. The van der Waals surface area contributed by atoms with Crippen molar-refractivity contribution in [3.05, 3.63) is 11.6 Å². The fourth-order valence-electron chi connectivity index (χ4n) is 2.11. The Morgan fingerprint density at radius 2 is 2.29 bits per heavy atom. The summed E-state index contributed by atoms with van der Waals surface area (Å²) in [6, 6.07) is -0.632. The zero-order valence-electron chi connectivity index (χ0n) is 12.5. The summed E-state index contributed by atoms with van der Waals surface area (Å²) < 4.78 is 5.31. The van der Waals surface area contributed by atoms with Crippen LogP contribution in [0.15, 0.2) is 0 Å². The Hall–Kier alpha value is -1.96. The molecular weight excluding hydrogens is 274 g/mol. The van der Waals surface area contributed by atoms with Gasteiger partial charge in [0.15, 0.2) is 0 Å². The van der Waals surface area contributed by atoms with Gasteiger partial charge < -0.3 is 15.0 Å². The number of rotatable bonds is 4. The van der Waals surface area contributed by atoms with Crippen molar-refractivity contribution in [1.29, 1.82) is 0 Å². The average molecular weight is 295 g/mol. The summed E-state index contributed by atoms with van der Waals surface area (Å²) in [4.78, 5) is 30.2. The van der Waals surface area contributed by atoms with E-state index >= 15 is 0 Å². The van der Waals surface area contributed by atoms with Crippen LogP contribution in [0.4, 0.5) is 0 Å². The minimum Gasteiger partial charge on any atom is -0.377 e. The number of aromatic nitrogens is 3. The molecule has 0 saturated carbocycles. The largest absolute Gasteiger partial charge is 0.377 e. The highest BCUT2D eigenvalue weighted by Crippen LogP contribution is 2.13. The van der Waals surface area contributed by atoms with Gasteiger partial charge in [-0.3, -0.25) is 14.7 Å². The van der Waals surface area contributed by atoms with Gasteiger partial charge in [0.05, 0.1) is 13.2 Å². The Morgan fingerprint density at radius 3 is 2.90 bits per heavy atom. The number of likely N-dealkylation sites (N-methyl/N-ethyl adjacent to an activating group) is 1. The number of amides is 2. The van der Waals surface area contributed by atoms with Crippen LogP contribution in [0.25, 0.3) is 0 Å². The first-order valence-corrected chi connectivity index (χ1v) is 7.13. The van der Waals surface area contributed by atoms with Crippen LogP contribution < -0.4 is 5.32 Å². The first-order chi connectivity index (χ1) is 10.0. The molecule has 8 nitrogen and oxygen atoms in total. The van der Waals surface area contributed by atoms with E-state index in [0.717, 1.165) is 0 Å². The molecule has 2 heterocycles. The van der Waals surface area contributed by atoms with Crippen LogP contribution in [0.1, 0.15) is 43.1 Å². The summed E-state index contributed by atoms with van der Waals surface area (Å²) in [6.07, 6.45) is 0. The molecule has 8 heteroatoms. The van der Waals surface area contributed by atoms with Crippen LogP contribution in [-0.2, 0) is 9.53 Å². The van der Waals surface area contributed by atoms with E-state index in [1.165, 1.54) is 4.90 Å². The average Bonchev–Trinajstić information content (AvgIpc) is 2.97. The molecule has 21 heavy (non-hydrogen) atoms. The Kier molecular flexibility index (Phi) is 4.89. The molecule has 0 radical (unpaired) electrons. The molecule has 2 rings (SSSR count). The summed E-state index contributed by atoms with van der Waals surface area (Å²) in [7, 11) is 0. The molecule has 1 aliphatic heterocycles. The number of nitrogens with zero attached hydrogens (tertiary/aromatic N) is 3. The minimum atomic E-state index is -0.632. The van der Waals surface area contributed by atoms with Crippen molar-refractivity contribution in [2.75, 3.05) is 26.3 Å². The number of carbonyl (C=O) groups is 2. The summed E-state index contributed by atoms with van der Waals surface area (Å²) in [5.41, 5.74) is 0. The number of H-pyrrole nitrogens is 1. The van der Waals surface area contributed by atoms with Gasteiger partial charge in [0.25, 0.3) is 5.91 Å². The molecule has 116 valence electrons. The minimum absolute atomic E-state index is 0.0925. The van der Waals surface area contributed by atoms with Gasteiger partial charge in [-0.1, -0.05) is 13.8 Å². The van der Waals surface area contributed by atoms with Crippen molar-refractivity contribution >= 4 is 11.8 Å². The highest BCUT2D eigenvalue weighted by atomic mass is 16.5. The molecule has 1 saturated heterocycles. The number of morpholine rings is 1. The Morgan fingerprint density at radius 1 is 1.52 bits per heavy atom. The van der Waals surface area contributed by atoms with Gasteiger partial charge in [-0.15, -0.1) is 5.10 Å². The number of hydrogen-bond donors (Lipinski definition) is 2. The number of hydrogen-bond acceptors (Lipinski definition) is 5. The Balaban J connectivity index is 2.15. The summed E-state index contributed by atoms with van der Waals surface area (Å²) >= 11 is 0. The first kappa shape index (κ1) is 15.4. The van der Waals surface area contributed by atoms with Crippen molar-refractivity contribution in [1.82, 2.24) is 25.4 Å². The molecule has 1 aromatic rings. The fraction of sp³-hybridized carbons (Fsp3) is 0.692. The second kappa shape index (κ2) is 6.66. The van der Waals surface area contributed by atoms with E-state index < -0.39 is 6.04 Å². The van der Waals surface area contributed by atoms with E-state index in [9.17, 15) is 9.59 Å². The fourth-order valence-corrected chi connectivity index (χ4v) is 2.11. The lowest BCUT2D eigenvalue weighted by molar-refractivity contribution is -0.130. The van der Waals surface area contributed by atoms with Gasteiger partial charge in [-0.25, -0.2) is 4.98 Å². The van der Waals surface area contributed by atoms with Gasteiger partial charge in [-0.2, -0.15) is 0 Å². The third-order valence-corrected chi connectivity index (χ3v) is 3.28. The van der Waals surface area contributed by atoms with Gasteiger partial charge >= 0.3 is 0 Å². The highest BCUT2D eigenvalue weighted by Gasteiger charge is 2.34. The molecule has 0 aliphatic carbocycles. The molecule has 0 spiro atoms. The second-order valence-corrected chi connectivity index (χ2v) is 5.18. The maximum absolute atomic E-state index is 12.5. The predicted molar refractivity (Wildman–Crippen MR) is 74.8 cm³/mol. The van der Waals surface area contributed by atoms with Crippen molar-refractivity contribution in [2.24, 2.45) is 0 Å². The van der Waals surface area contributed by atoms with E-state index in [1.807, 2.05) is 20.8 Å². The van der Waals surface area contributed by atoms with Crippen molar-refractivity contribution in [3.8, 4) is 0 Å². The van der Waals surface area contributed by atoms with E-state index in [0.29, 0.717) is 25.5 Å². The van der Waals surface area contributed by atoms with E-state index in [-0.39, 0.29) is 30.2 Å². The van der Waals surface area contributed by atoms with Gasteiger partial charge in [-0.05, 0) is 6.92 Å². The molecule has 0 bridgehead atoms. The van der Waals surface area contributed by atoms with Crippen LogP contribution in [0.2, 0.25) is 0 Å². The highest BCUT2D eigenvalue weighted by molar-refractivity contribution is 5.95. The lowest BCUT2D eigenvalue weighted by Crippen LogP contribution is -2.56. The topological polar surface area (TPSA) is 100 Å². The van der Waals surface area contributed by atoms with Crippen molar-refractivity contribution < 1.29 is 14.3 Å². The van der Waals surface area contributed by atoms with E-state index in [2.05, 4.69) is 20.5 Å². The lowest BCUT2D eigenvalue weighted by atomic mass is 10.2. The second-order valence-electron chi connectivity index (χ2n) is 5.18. The summed E-state index contributed by atoms with van der Waals surface area (Å²) in [5.74, 6) is 0.335. The smallest absolute Gasteiger partial charge is 0.294 e. The van der Waals surface area contributed by atoms with Gasteiger partial charge in [0, 0.05) is 19.0 Å². The van der Waals surface area contributed by atoms with Crippen molar-refractivity contribution in [3.63, 3.8) is 0 Å². The predicted octanol–water partition coefficient (Wildman–Crippen LogP) is -0.0948. The number of carbonyl (C=O) groups excluding carboxylic acids is 2. The first-order valence-electron chi connectivity index (χ1n) is 7.13.